The Hall–Kier alpha value is -3.39. The highest BCUT2D eigenvalue weighted by Crippen LogP contribution is 2.31. The molecule has 3 heterocycles. The summed E-state index contributed by atoms with van der Waals surface area (Å²) in [5, 5.41) is 9.06. The lowest BCUT2D eigenvalue weighted by Crippen LogP contribution is -2.52. The van der Waals surface area contributed by atoms with Crippen molar-refractivity contribution < 1.29 is 19.1 Å². The van der Waals surface area contributed by atoms with Crippen molar-refractivity contribution in [3.8, 4) is 5.75 Å². The van der Waals surface area contributed by atoms with Crippen LogP contribution in [0.15, 0.2) is 36.4 Å². The average Bonchev–Trinajstić information content (AvgIpc) is 2.94. The number of carbonyl (C=O) groups is 3. The molecule has 2 aromatic carbocycles. The molecule has 160 valence electrons. The van der Waals surface area contributed by atoms with E-state index in [4.69, 9.17) is 4.74 Å². The van der Waals surface area contributed by atoms with E-state index in [-0.39, 0.29) is 18.2 Å². The summed E-state index contributed by atoms with van der Waals surface area (Å²) in [4.78, 5) is 38.5. The molecule has 0 aromatic heterocycles. The van der Waals surface area contributed by atoms with Gasteiger partial charge in [-0.2, -0.15) is 0 Å². The fourth-order valence-electron chi connectivity index (χ4n) is 4.44. The first-order chi connectivity index (χ1) is 15.1. The van der Waals surface area contributed by atoms with Crippen molar-refractivity contribution in [2.24, 2.45) is 0 Å². The molecule has 0 radical (unpaired) electrons. The number of fused-ring (bicyclic) bond motifs is 2. The van der Waals surface area contributed by atoms with Crippen LogP contribution in [0.25, 0.3) is 0 Å². The Kier molecular flexibility index (Phi) is 5.07. The Morgan fingerprint density at radius 1 is 1.13 bits per heavy atom. The summed E-state index contributed by atoms with van der Waals surface area (Å²) >= 11 is 0. The number of hydrogen-bond acceptors (Lipinski definition) is 6. The van der Waals surface area contributed by atoms with Crippen molar-refractivity contribution >= 4 is 23.4 Å². The number of nitrogens with one attached hydrogen (secondary N) is 3. The number of imide groups is 1. The zero-order valence-corrected chi connectivity index (χ0v) is 17.1. The molecule has 8 nitrogen and oxygen atoms in total. The topological polar surface area (TPSA) is 99.8 Å². The number of rotatable bonds is 4. The Balaban J connectivity index is 1.33. The highest BCUT2D eigenvalue weighted by atomic mass is 16.5. The summed E-state index contributed by atoms with van der Waals surface area (Å²) in [7, 11) is 0. The fourth-order valence-corrected chi connectivity index (χ4v) is 4.44. The standard InChI is InChI=1S/C23H24N4O4/c28-20-7-6-18(22(29)26-20)27-13-16-3-1-2-15(21(16)23(27)30)12-25-17-5-4-14-11-24-8-9-31-19(14)10-17/h1-5,10,18,24-25H,6-9,11-13H2,(H,26,28,29). The summed E-state index contributed by atoms with van der Waals surface area (Å²) in [5.41, 5.74) is 4.49. The molecule has 31 heavy (non-hydrogen) atoms. The molecule has 2 aromatic rings. The molecule has 0 bridgehead atoms. The maximum Gasteiger partial charge on any atom is 0.255 e. The van der Waals surface area contributed by atoms with Gasteiger partial charge >= 0.3 is 0 Å². The van der Waals surface area contributed by atoms with Crippen LogP contribution in [0.2, 0.25) is 0 Å². The average molecular weight is 420 g/mol. The molecule has 3 N–H and O–H groups in total. The van der Waals surface area contributed by atoms with Gasteiger partial charge < -0.3 is 20.3 Å². The highest BCUT2D eigenvalue weighted by Gasteiger charge is 2.39. The number of hydrogen-bond donors (Lipinski definition) is 3. The Morgan fingerprint density at radius 3 is 2.90 bits per heavy atom. The Morgan fingerprint density at radius 2 is 2.03 bits per heavy atom. The lowest BCUT2D eigenvalue weighted by atomic mass is 10.0. The molecule has 1 atom stereocenters. The van der Waals surface area contributed by atoms with Crippen molar-refractivity contribution in [3.63, 3.8) is 0 Å². The zero-order valence-electron chi connectivity index (χ0n) is 17.1. The van der Waals surface area contributed by atoms with E-state index in [1.54, 1.807) is 4.90 Å². The van der Waals surface area contributed by atoms with Crippen molar-refractivity contribution in [3.05, 3.63) is 58.7 Å². The minimum Gasteiger partial charge on any atom is -0.492 e. The molecular weight excluding hydrogens is 396 g/mol. The predicted molar refractivity (Wildman–Crippen MR) is 113 cm³/mol. The molecule has 1 saturated heterocycles. The third kappa shape index (κ3) is 3.74. The summed E-state index contributed by atoms with van der Waals surface area (Å²) in [6, 6.07) is 11.2. The highest BCUT2D eigenvalue weighted by molar-refractivity contribution is 6.06. The quantitative estimate of drug-likeness (QED) is 0.649. The number of ether oxygens (including phenoxy) is 1. The van der Waals surface area contributed by atoms with Crippen molar-refractivity contribution in [1.29, 1.82) is 0 Å². The molecule has 3 aliphatic heterocycles. The maximum atomic E-state index is 13.2. The van der Waals surface area contributed by atoms with E-state index >= 15 is 0 Å². The van der Waals surface area contributed by atoms with E-state index in [1.807, 2.05) is 36.4 Å². The van der Waals surface area contributed by atoms with E-state index in [0.717, 1.165) is 41.2 Å². The van der Waals surface area contributed by atoms with Crippen molar-refractivity contribution in [1.82, 2.24) is 15.5 Å². The van der Waals surface area contributed by atoms with Gasteiger partial charge in [-0.3, -0.25) is 19.7 Å². The fraction of sp³-hybridized carbons (Fsp3) is 0.348. The molecule has 1 fully saturated rings. The Labute approximate surface area is 179 Å². The molecule has 8 heteroatoms. The second-order valence-corrected chi connectivity index (χ2v) is 8.05. The van der Waals surface area contributed by atoms with Gasteiger partial charge in [0.05, 0.1) is 0 Å². The van der Waals surface area contributed by atoms with Crippen molar-refractivity contribution in [2.75, 3.05) is 18.5 Å². The van der Waals surface area contributed by atoms with Gasteiger partial charge in [0.1, 0.15) is 18.4 Å². The summed E-state index contributed by atoms with van der Waals surface area (Å²) in [6.45, 7) is 3.10. The number of piperidine rings is 1. The third-order valence-electron chi connectivity index (χ3n) is 6.04. The van der Waals surface area contributed by atoms with Gasteiger partial charge in [-0.15, -0.1) is 0 Å². The lowest BCUT2D eigenvalue weighted by Gasteiger charge is -2.29. The summed E-state index contributed by atoms with van der Waals surface area (Å²) in [5.74, 6) is 0.0407. The monoisotopic (exact) mass is 420 g/mol. The van der Waals surface area contributed by atoms with Crippen molar-refractivity contribution in [2.45, 2.75) is 38.5 Å². The first kappa shape index (κ1) is 19.6. The van der Waals surface area contributed by atoms with Crippen LogP contribution in [0, 0.1) is 0 Å². The van der Waals surface area contributed by atoms with Crippen LogP contribution < -0.4 is 20.7 Å². The van der Waals surface area contributed by atoms with Gasteiger partial charge in [0.25, 0.3) is 5.91 Å². The van der Waals surface area contributed by atoms with Crippen LogP contribution >= 0.6 is 0 Å². The molecule has 0 spiro atoms. The van der Waals surface area contributed by atoms with Crippen LogP contribution in [-0.2, 0) is 29.2 Å². The zero-order chi connectivity index (χ0) is 21.4. The molecule has 1 unspecified atom stereocenters. The predicted octanol–water partition coefficient (Wildman–Crippen LogP) is 1.54. The number of nitrogens with zero attached hydrogens (tertiary/aromatic N) is 1. The van der Waals surface area contributed by atoms with Crippen LogP contribution in [0.3, 0.4) is 0 Å². The largest absolute Gasteiger partial charge is 0.492 e. The van der Waals surface area contributed by atoms with E-state index in [9.17, 15) is 14.4 Å². The number of amides is 3. The summed E-state index contributed by atoms with van der Waals surface area (Å²) in [6.07, 6.45) is 0.614. The first-order valence-corrected chi connectivity index (χ1v) is 10.6. The van der Waals surface area contributed by atoms with E-state index in [0.29, 0.717) is 31.7 Å². The van der Waals surface area contributed by atoms with Crippen LogP contribution in [0.4, 0.5) is 5.69 Å². The van der Waals surface area contributed by atoms with Gasteiger partial charge in [0.15, 0.2) is 0 Å². The third-order valence-corrected chi connectivity index (χ3v) is 6.04. The normalized spacial score (nSPS) is 20.5. The SMILES string of the molecule is O=C1CCC(N2Cc3cccc(CNc4ccc5c(c4)OCCNC5)c3C2=O)C(=O)N1. The smallest absolute Gasteiger partial charge is 0.255 e. The van der Waals surface area contributed by atoms with Crippen LogP contribution in [0.1, 0.15) is 39.9 Å². The Bertz CT molecular complexity index is 1070. The second kappa shape index (κ2) is 8.03. The molecule has 3 aliphatic rings. The van der Waals surface area contributed by atoms with E-state index in [1.165, 1.54) is 0 Å². The minimum atomic E-state index is -0.603. The van der Waals surface area contributed by atoms with Crippen LogP contribution in [0.5, 0.6) is 5.75 Å². The van der Waals surface area contributed by atoms with Gasteiger partial charge in [0.2, 0.25) is 11.8 Å². The maximum absolute atomic E-state index is 13.2. The second-order valence-electron chi connectivity index (χ2n) is 8.05. The van der Waals surface area contributed by atoms with E-state index in [2.05, 4.69) is 16.0 Å². The number of benzene rings is 2. The number of anilines is 1. The number of carbonyl (C=O) groups excluding carboxylic acids is 3. The van der Waals surface area contributed by atoms with Gasteiger partial charge in [-0.1, -0.05) is 24.3 Å². The molecule has 0 aliphatic carbocycles. The summed E-state index contributed by atoms with van der Waals surface area (Å²) < 4.78 is 5.81. The molecule has 0 saturated carbocycles. The van der Waals surface area contributed by atoms with Gasteiger partial charge in [0, 0.05) is 55.5 Å². The van der Waals surface area contributed by atoms with Gasteiger partial charge in [-0.25, -0.2) is 0 Å². The lowest BCUT2D eigenvalue weighted by molar-refractivity contribution is -0.136. The van der Waals surface area contributed by atoms with Crippen LogP contribution in [-0.4, -0.2) is 41.8 Å². The minimum absolute atomic E-state index is 0.154. The molecule has 3 amide bonds. The molecular formula is C23H24N4O4. The van der Waals surface area contributed by atoms with E-state index < -0.39 is 11.9 Å². The molecule has 5 rings (SSSR count). The van der Waals surface area contributed by atoms with Gasteiger partial charge in [-0.05, 0) is 23.6 Å². The first-order valence-electron chi connectivity index (χ1n) is 10.6.